The number of anilines is 1. The number of ether oxygens (including phenoxy) is 4. The van der Waals surface area contributed by atoms with Gasteiger partial charge in [-0.3, -0.25) is 9.69 Å². The lowest BCUT2D eigenvalue weighted by molar-refractivity contribution is -0.135. The molecule has 6 nitrogen and oxygen atoms in total. The van der Waals surface area contributed by atoms with Crippen molar-refractivity contribution in [2.24, 2.45) is 0 Å². The van der Waals surface area contributed by atoms with Gasteiger partial charge in [0.2, 0.25) is 6.10 Å². The van der Waals surface area contributed by atoms with Gasteiger partial charge in [0.15, 0.2) is 11.5 Å². The van der Waals surface area contributed by atoms with E-state index >= 15 is 0 Å². The highest BCUT2D eigenvalue weighted by atomic mass is 16.5. The van der Waals surface area contributed by atoms with E-state index in [1.165, 1.54) is 0 Å². The van der Waals surface area contributed by atoms with E-state index in [1.54, 1.807) is 38.4 Å². The summed E-state index contributed by atoms with van der Waals surface area (Å²) in [6.07, 6.45) is -0.665. The molecule has 3 aromatic rings. The molecule has 166 valence electrons. The number of carbonyl (C=O) groups is 1. The molecule has 1 aliphatic rings. The summed E-state index contributed by atoms with van der Waals surface area (Å²) in [5.74, 6) is 2.48. The maximum Gasteiger partial charge on any atom is 0.271 e. The van der Waals surface area contributed by atoms with Crippen LogP contribution in [-0.4, -0.2) is 33.3 Å². The normalized spacial score (nSPS) is 17.5. The van der Waals surface area contributed by atoms with Gasteiger partial charge in [-0.25, -0.2) is 0 Å². The fourth-order valence-corrected chi connectivity index (χ4v) is 3.99. The highest BCUT2D eigenvalue weighted by Gasteiger charge is 2.51. The number of amides is 1. The Hall–Kier alpha value is -3.67. The third-order valence-electron chi connectivity index (χ3n) is 5.74. The summed E-state index contributed by atoms with van der Waals surface area (Å²) in [5.41, 5.74) is 3.90. The second-order valence-electron chi connectivity index (χ2n) is 7.77. The quantitative estimate of drug-likeness (QED) is 0.498. The van der Waals surface area contributed by atoms with Gasteiger partial charge in [0.05, 0.1) is 21.3 Å². The van der Waals surface area contributed by atoms with Crippen LogP contribution >= 0.6 is 0 Å². The van der Waals surface area contributed by atoms with Gasteiger partial charge in [-0.05, 0) is 73.0 Å². The Labute approximate surface area is 188 Å². The predicted octanol–water partition coefficient (Wildman–Crippen LogP) is 4.86. The number of hydrogen-bond donors (Lipinski definition) is 0. The van der Waals surface area contributed by atoms with Gasteiger partial charge >= 0.3 is 0 Å². The second kappa shape index (κ2) is 8.83. The van der Waals surface area contributed by atoms with Gasteiger partial charge in [0, 0.05) is 5.69 Å². The molecule has 4 rings (SSSR count). The van der Waals surface area contributed by atoms with Crippen LogP contribution in [0.5, 0.6) is 23.0 Å². The average molecular weight is 434 g/mol. The molecule has 2 atom stereocenters. The Morgan fingerprint density at radius 2 is 1.44 bits per heavy atom. The molecule has 1 saturated heterocycles. The third kappa shape index (κ3) is 3.84. The van der Waals surface area contributed by atoms with Gasteiger partial charge in [0.25, 0.3) is 5.91 Å². The number of carbonyl (C=O) groups excluding carboxylic acids is 1. The van der Waals surface area contributed by atoms with Crippen LogP contribution < -0.4 is 23.8 Å². The summed E-state index contributed by atoms with van der Waals surface area (Å²) in [7, 11) is 4.81. The zero-order chi connectivity index (χ0) is 22.8. The number of aryl methyl sites for hydroxylation is 2. The first kappa shape index (κ1) is 21.6. The summed E-state index contributed by atoms with van der Waals surface area (Å²) in [4.78, 5) is 15.1. The van der Waals surface area contributed by atoms with Crippen molar-refractivity contribution in [3.8, 4) is 23.0 Å². The number of rotatable bonds is 7. The van der Waals surface area contributed by atoms with Gasteiger partial charge < -0.3 is 18.9 Å². The molecule has 0 aliphatic carbocycles. The first-order valence-electron chi connectivity index (χ1n) is 10.4. The van der Waals surface area contributed by atoms with Crippen LogP contribution in [0.15, 0.2) is 60.7 Å². The van der Waals surface area contributed by atoms with E-state index in [4.69, 9.17) is 18.9 Å². The van der Waals surface area contributed by atoms with Gasteiger partial charge in [0.1, 0.15) is 17.5 Å². The van der Waals surface area contributed by atoms with Crippen molar-refractivity contribution in [1.29, 1.82) is 0 Å². The average Bonchev–Trinajstić information content (AvgIpc) is 2.82. The zero-order valence-corrected chi connectivity index (χ0v) is 18.9. The zero-order valence-electron chi connectivity index (χ0n) is 18.9. The van der Waals surface area contributed by atoms with Gasteiger partial charge in [-0.2, -0.15) is 0 Å². The number of benzene rings is 3. The molecule has 0 bridgehead atoms. The highest BCUT2D eigenvalue weighted by molar-refractivity contribution is 6.06. The fraction of sp³-hybridized carbons (Fsp3) is 0.269. The summed E-state index contributed by atoms with van der Waals surface area (Å²) >= 11 is 0. The molecular weight excluding hydrogens is 406 g/mol. The lowest BCUT2D eigenvalue weighted by Crippen LogP contribution is -2.61. The minimum atomic E-state index is -0.665. The second-order valence-corrected chi connectivity index (χ2v) is 7.77. The van der Waals surface area contributed by atoms with E-state index in [0.717, 1.165) is 28.1 Å². The minimum absolute atomic E-state index is 0.0886. The standard InChI is InChI=1S/C26H27NO5/c1-16-6-7-17(2)21(14-16)27-24(18-8-13-22(30-4)23(15-18)31-5)25(26(27)28)32-20-11-9-19(29-3)10-12-20/h6-15,24-25H,1-5H3/t24-,25+/m1/s1. The molecule has 0 radical (unpaired) electrons. The van der Waals surface area contributed by atoms with Crippen LogP contribution in [0.1, 0.15) is 22.7 Å². The summed E-state index contributed by atoms with van der Waals surface area (Å²) in [6, 6.07) is 18.7. The predicted molar refractivity (Wildman–Crippen MR) is 123 cm³/mol. The Bertz CT molecular complexity index is 1130. The van der Waals surface area contributed by atoms with Gasteiger partial charge in [-0.1, -0.05) is 18.2 Å². The molecule has 0 unspecified atom stereocenters. The maximum absolute atomic E-state index is 13.3. The fourth-order valence-electron chi connectivity index (χ4n) is 3.99. The Morgan fingerprint density at radius 1 is 0.750 bits per heavy atom. The van der Waals surface area contributed by atoms with Crippen LogP contribution in [0.4, 0.5) is 5.69 Å². The van der Waals surface area contributed by atoms with Crippen LogP contribution in [0.3, 0.4) is 0 Å². The molecule has 3 aromatic carbocycles. The molecule has 1 aliphatic heterocycles. The van der Waals surface area contributed by atoms with Gasteiger partial charge in [-0.15, -0.1) is 0 Å². The molecule has 0 aromatic heterocycles. The molecule has 1 heterocycles. The maximum atomic E-state index is 13.3. The van der Waals surface area contributed by atoms with Crippen molar-refractivity contribution >= 4 is 11.6 Å². The van der Waals surface area contributed by atoms with E-state index < -0.39 is 6.10 Å². The Morgan fingerprint density at radius 3 is 2.09 bits per heavy atom. The summed E-state index contributed by atoms with van der Waals surface area (Å²) < 4.78 is 22.3. The Kier molecular flexibility index (Phi) is 5.95. The molecular formula is C26H27NO5. The topological polar surface area (TPSA) is 57.2 Å². The number of hydrogen-bond acceptors (Lipinski definition) is 5. The molecule has 1 amide bonds. The molecule has 0 N–H and O–H groups in total. The smallest absolute Gasteiger partial charge is 0.271 e. The van der Waals surface area contributed by atoms with E-state index in [9.17, 15) is 4.79 Å². The summed E-state index contributed by atoms with van der Waals surface area (Å²) in [5, 5.41) is 0. The first-order valence-corrected chi connectivity index (χ1v) is 10.4. The molecule has 1 fully saturated rings. The third-order valence-corrected chi connectivity index (χ3v) is 5.74. The summed E-state index contributed by atoms with van der Waals surface area (Å²) in [6.45, 7) is 4.02. The Balaban J connectivity index is 1.74. The van der Waals surface area contributed by atoms with Crippen molar-refractivity contribution in [2.75, 3.05) is 26.2 Å². The van der Waals surface area contributed by atoms with Crippen LogP contribution in [0.2, 0.25) is 0 Å². The minimum Gasteiger partial charge on any atom is -0.497 e. The molecule has 0 spiro atoms. The van der Waals surface area contributed by atoms with Crippen LogP contribution in [-0.2, 0) is 4.79 Å². The van der Waals surface area contributed by atoms with Crippen LogP contribution in [0.25, 0.3) is 0 Å². The number of methoxy groups -OCH3 is 3. The molecule has 6 heteroatoms. The molecule has 0 saturated carbocycles. The highest BCUT2D eigenvalue weighted by Crippen LogP contribution is 2.44. The monoisotopic (exact) mass is 433 g/mol. The van der Waals surface area contributed by atoms with Crippen molar-refractivity contribution in [1.82, 2.24) is 0 Å². The van der Waals surface area contributed by atoms with E-state index in [1.807, 2.05) is 62.4 Å². The van der Waals surface area contributed by atoms with E-state index in [2.05, 4.69) is 0 Å². The van der Waals surface area contributed by atoms with Crippen molar-refractivity contribution in [3.05, 3.63) is 77.4 Å². The lowest BCUT2D eigenvalue weighted by atomic mass is 9.88. The first-order chi connectivity index (χ1) is 15.5. The largest absolute Gasteiger partial charge is 0.497 e. The lowest BCUT2D eigenvalue weighted by Gasteiger charge is -2.47. The number of β-lactam (4-membered cyclic amide) rings is 1. The van der Waals surface area contributed by atoms with Crippen molar-refractivity contribution in [3.63, 3.8) is 0 Å². The molecule has 32 heavy (non-hydrogen) atoms. The SMILES string of the molecule is COc1ccc(O[C@@H]2C(=O)N(c3cc(C)ccc3C)[C@@H]2c2ccc(OC)c(OC)c2)cc1. The van der Waals surface area contributed by atoms with E-state index in [0.29, 0.717) is 17.2 Å². The van der Waals surface area contributed by atoms with Crippen LogP contribution in [0, 0.1) is 13.8 Å². The van der Waals surface area contributed by atoms with E-state index in [-0.39, 0.29) is 11.9 Å². The van der Waals surface area contributed by atoms with Crippen molar-refractivity contribution in [2.45, 2.75) is 26.0 Å². The number of nitrogens with zero attached hydrogens (tertiary/aromatic N) is 1. The van der Waals surface area contributed by atoms with Crippen molar-refractivity contribution < 1.29 is 23.7 Å².